The number of amides is 1. The van der Waals surface area contributed by atoms with E-state index in [1.807, 2.05) is 31.0 Å². The van der Waals surface area contributed by atoms with Gasteiger partial charge in [-0.2, -0.15) is 0 Å². The molecule has 0 aliphatic carbocycles. The van der Waals surface area contributed by atoms with Crippen LogP contribution in [0.15, 0.2) is 22.8 Å². The molecule has 1 rings (SSSR count). The molecule has 1 aromatic rings. The predicted octanol–water partition coefficient (Wildman–Crippen LogP) is 0.337. The van der Waals surface area contributed by atoms with Crippen molar-refractivity contribution in [2.24, 2.45) is 11.8 Å². The van der Waals surface area contributed by atoms with Crippen LogP contribution in [0, 0.1) is 5.92 Å². The van der Waals surface area contributed by atoms with Gasteiger partial charge in [0.2, 0.25) is 5.91 Å². The van der Waals surface area contributed by atoms with Gasteiger partial charge in [0.25, 0.3) is 0 Å². The fourth-order valence-corrected chi connectivity index (χ4v) is 1.43. The lowest BCUT2D eigenvalue weighted by Crippen LogP contribution is -2.39. The third kappa shape index (κ3) is 3.73. The molecule has 0 saturated heterocycles. The van der Waals surface area contributed by atoms with Crippen LogP contribution in [0.1, 0.15) is 12.7 Å². The van der Waals surface area contributed by atoms with E-state index in [0.29, 0.717) is 13.1 Å². The maximum absolute atomic E-state index is 11.2. The van der Waals surface area contributed by atoms with Gasteiger partial charge in [-0.15, -0.1) is 0 Å². The average Bonchev–Trinajstić information content (AvgIpc) is 2.68. The second-order valence-corrected chi connectivity index (χ2v) is 3.69. The van der Waals surface area contributed by atoms with Crippen LogP contribution in [0.5, 0.6) is 0 Å². The monoisotopic (exact) mass is 211 g/mol. The van der Waals surface area contributed by atoms with E-state index < -0.39 is 0 Å². The third-order valence-electron chi connectivity index (χ3n) is 2.18. The lowest BCUT2D eigenvalue weighted by Gasteiger charge is -2.18. The lowest BCUT2D eigenvalue weighted by molar-refractivity contribution is -0.125. The summed E-state index contributed by atoms with van der Waals surface area (Å²) in [4.78, 5) is 13.2. The highest BCUT2D eigenvalue weighted by Gasteiger charge is 2.14. The van der Waals surface area contributed by atoms with E-state index in [4.69, 9.17) is 10.3 Å². The van der Waals surface area contributed by atoms with Crippen molar-refractivity contribution in [2.75, 3.05) is 13.6 Å². The molecule has 3 N–H and O–H groups in total. The van der Waals surface area contributed by atoms with Crippen molar-refractivity contribution in [3.8, 4) is 0 Å². The van der Waals surface area contributed by atoms with E-state index in [-0.39, 0.29) is 11.8 Å². The van der Waals surface area contributed by atoms with Crippen molar-refractivity contribution in [1.29, 1.82) is 0 Å². The van der Waals surface area contributed by atoms with Gasteiger partial charge in [-0.3, -0.25) is 15.1 Å². The van der Waals surface area contributed by atoms with Crippen LogP contribution in [-0.4, -0.2) is 24.4 Å². The normalized spacial score (nSPS) is 12.8. The van der Waals surface area contributed by atoms with Gasteiger partial charge in [0, 0.05) is 12.5 Å². The number of nitrogens with two attached hydrogens (primary N) is 1. The first-order chi connectivity index (χ1) is 7.13. The first-order valence-electron chi connectivity index (χ1n) is 4.85. The Labute approximate surface area is 89.2 Å². The maximum atomic E-state index is 11.2. The van der Waals surface area contributed by atoms with Gasteiger partial charge in [-0.25, -0.2) is 5.84 Å². The van der Waals surface area contributed by atoms with Crippen molar-refractivity contribution in [2.45, 2.75) is 13.5 Å². The van der Waals surface area contributed by atoms with Gasteiger partial charge >= 0.3 is 0 Å². The van der Waals surface area contributed by atoms with Crippen LogP contribution in [0.2, 0.25) is 0 Å². The molecule has 5 nitrogen and oxygen atoms in total. The highest BCUT2D eigenvalue weighted by molar-refractivity contribution is 5.77. The Morgan fingerprint density at radius 3 is 3.00 bits per heavy atom. The minimum Gasteiger partial charge on any atom is -0.468 e. The zero-order valence-corrected chi connectivity index (χ0v) is 9.06. The van der Waals surface area contributed by atoms with Gasteiger partial charge in [-0.05, 0) is 19.2 Å². The highest BCUT2D eigenvalue weighted by atomic mass is 16.3. The second-order valence-electron chi connectivity index (χ2n) is 3.69. The molecular formula is C10H17N3O2. The van der Waals surface area contributed by atoms with Crippen molar-refractivity contribution < 1.29 is 9.21 Å². The summed E-state index contributed by atoms with van der Waals surface area (Å²) >= 11 is 0. The summed E-state index contributed by atoms with van der Waals surface area (Å²) in [5.74, 6) is 5.65. The molecule has 0 radical (unpaired) electrons. The predicted molar refractivity (Wildman–Crippen MR) is 56.5 cm³/mol. The maximum Gasteiger partial charge on any atom is 0.237 e. The molecule has 15 heavy (non-hydrogen) atoms. The molecule has 0 bridgehead atoms. The Hall–Kier alpha value is -1.33. The average molecular weight is 211 g/mol. The topological polar surface area (TPSA) is 71.5 Å². The molecule has 0 fully saturated rings. The molecule has 1 amide bonds. The van der Waals surface area contributed by atoms with Crippen molar-refractivity contribution in [3.63, 3.8) is 0 Å². The molecule has 0 saturated carbocycles. The number of hydrazine groups is 1. The van der Waals surface area contributed by atoms with E-state index in [1.165, 1.54) is 0 Å². The van der Waals surface area contributed by atoms with E-state index in [0.717, 1.165) is 5.76 Å². The minimum atomic E-state index is -0.152. The van der Waals surface area contributed by atoms with Gasteiger partial charge in [0.15, 0.2) is 0 Å². The summed E-state index contributed by atoms with van der Waals surface area (Å²) in [5.41, 5.74) is 2.14. The number of furan rings is 1. The van der Waals surface area contributed by atoms with Crippen LogP contribution in [0.25, 0.3) is 0 Å². The van der Waals surface area contributed by atoms with Crippen LogP contribution in [0.4, 0.5) is 0 Å². The second kappa shape index (κ2) is 5.53. The Kier molecular flexibility index (Phi) is 4.33. The summed E-state index contributed by atoms with van der Waals surface area (Å²) < 4.78 is 5.21. The van der Waals surface area contributed by atoms with Crippen molar-refractivity contribution in [3.05, 3.63) is 24.2 Å². The number of carbonyl (C=O) groups is 1. The fraction of sp³-hybridized carbons (Fsp3) is 0.500. The first-order valence-corrected chi connectivity index (χ1v) is 4.85. The number of hydrogen-bond acceptors (Lipinski definition) is 4. The number of nitrogens with one attached hydrogen (secondary N) is 1. The number of hydrogen-bond donors (Lipinski definition) is 2. The quantitative estimate of drug-likeness (QED) is 0.418. The Balaban J connectivity index is 2.35. The van der Waals surface area contributed by atoms with Crippen LogP contribution in [0.3, 0.4) is 0 Å². The van der Waals surface area contributed by atoms with Crippen molar-refractivity contribution in [1.82, 2.24) is 10.3 Å². The molecule has 0 aromatic carbocycles. The van der Waals surface area contributed by atoms with Gasteiger partial charge in [0.05, 0.1) is 12.8 Å². The number of rotatable bonds is 5. The molecule has 1 unspecified atom stereocenters. The van der Waals surface area contributed by atoms with E-state index >= 15 is 0 Å². The molecule has 0 spiro atoms. The molecule has 0 aliphatic rings. The zero-order chi connectivity index (χ0) is 11.3. The molecule has 0 aliphatic heterocycles. The van der Waals surface area contributed by atoms with E-state index in [9.17, 15) is 4.79 Å². The van der Waals surface area contributed by atoms with Gasteiger partial charge in [-0.1, -0.05) is 6.92 Å². The smallest absolute Gasteiger partial charge is 0.237 e. The van der Waals surface area contributed by atoms with Gasteiger partial charge in [0.1, 0.15) is 5.76 Å². The molecular weight excluding hydrogens is 194 g/mol. The van der Waals surface area contributed by atoms with Crippen LogP contribution in [-0.2, 0) is 11.3 Å². The first kappa shape index (κ1) is 11.7. The third-order valence-corrected chi connectivity index (χ3v) is 2.18. The summed E-state index contributed by atoms with van der Waals surface area (Å²) in [6.07, 6.45) is 1.64. The molecule has 1 atom stereocenters. The fourth-order valence-electron chi connectivity index (χ4n) is 1.43. The van der Waals surface area contributed by atoms with E-state index in [2.05, 4.69) is 5.43 Å². The Morgan fingerprint density at radius 1 is 1.73 bits per heavy atom. The molecule has 1 aromatic heterocycles. The molecule has 1 heterocycles. The molecule has 5 heteroatoms. The zero-order valence-electron chi connectivity index (χ0n) is 9.06. The lowest BCUT2D eigenvalue weighted by atomic mass is 10.1. The minimum absolute atomic E-state index is 0.130. The highest BCUT2D eigenvalue weighted by Crippen LogP contribution is 2.06. The summed E-state index contributed by atoms with van der Waals surface area (Å²) in [5, 5.41) is 0. The summed E-state index contributed by atoms with van der Waals surface area (Å²) in [6.45, 7) is 3.17. The van der Waals surface area contributed by atoms with Crippen LogP contribution < -0.4 is 11.3 Å². The number of nitrogens with zero attached hydrogens (tertiary/aromatic N) is 1. The van der Waals surface area contributed by atoms with Crippen molar-refractivity contribution >= 4 is 5.91 Å². The Morgan fingerprint density at radius 2 is 2.47 bits per heavy atom. The largest absolute Gasteiger partial charge is 0.468 e. The summed E-state index contributed by atoms with van der Waals surface area (Å²) in [7, 11) is 1.93. The summed E-state index contributed by atoms with van der Waals surface area (Å²) in [6, 6.07) is 3.75. The standard InChI is InChI=1S/C10H17N3O2/c1-8(10(14)12-11)6-13(2)7-9-4-3-5-15-9/h3-5,8H,6-7,11H2,1-2H3,(H,12,14). The van der Waals surface area contributed by atoms with E-state index in [1.54, 1.807) is 6.26 Å². The van der Waals surface area contributed by atoms with Crippen LogP contribution >= 0.6 is 0 Å². The number of carbonyl (C=O) groups excluding carboxylic acids is 1. The molecule has 84 valence electrons. The Bertz CT molecular complexity index is 298. The van der Waals surface area contributed by atoms with Gasteiger partial charge < -0.3 is 4.42 Å². The SMILES string of the molecule is CC(CN(C)Cc1ccco1)C(=O)NN.